The molecule has 0 saturated carbocycles. The number of benzene rings is 3. The van der Waals surface area contributed by atoms with E-state index in [1.165, 1.54) is 41.9 Å². The lowest BCUT2D eigenvalue weighted by molar-refractivity contribution is -0.505. The predicted octanol–water partition coefficient (Wildman–Crippen LogP) is 0.357. The van der Waals surface area contributed by atoms with Gasteiger partial charge in [0.25, 0.3) is 0 Å². The number of nitrogens with one attached hydrogen (secondary N) is 1. The van der Waals surface area contributed by atoms with Gasteiger partial charge in [0.15, 0.2) is 59.4 Å². The number of aliphatic hydroxyl groups is 4. The average Bonchev–Trinajstić information content (AvgIpc) is 1.40. The molecule has 4 aliphatic heterocycles. The molecular weight excluding hydrogens is 1280 g/mol. The summed E-state index contributed by atoms with van der Waals surface area (Å²) < 4.78 is 67.6. The zero-order valence-electron chi connectivity index (χ0n) is 56.0. The third kappa shape index (κ3) is 10.6. The van der Waals surface area contributed by atoms with Crippen LogP contribution >= 0.6 is 0 Å². The standard InChI is InChI=1S/C68H82N6O24/c1-13-67(97-37-21-33(89-11)57(81)25(5)93-37)51(63(87)45-43-47(61(85)41-29(77)17-15-27(75)39(41)59(43)83)53(71-69)49(45)65(67)95-35-19-31(79)55(73(7)8)23(3)91-35)52-64(88)46-44-48(62(86)42-30(78)18-16-28(76)40(42)60(44)84)54(72-70)50(46)66(96-36-20-32(80)56(74(9)10)24(4)92-36)68(52,14-2)98-38-22-34(90-12)58(82)26(6)94-38/h15-18,23-26,31-38,51-53,55-58,65-66,71,75,77,79-82,84,86H,13-14,19-22H2,1-12H3. The number of hydrogen-bond acceptors (Lipinski definition) is 26. The summed E-state index contributed by atoms with van der Waals surface area (Å²) in [6.45, 7) is 9.36. The zero-order chi connectivity index (χ0) is 71.1. The molecule has 9 N–H and O–H groups in total. The Morgan fingerprint density at radius 2 is 1.01 bits per heavy atom. The molecule has 4 heterocycles. The molecule has 0 bridgehead atoms. The van der Waals surface area contributed by atoms with Crippen molar-refractivity contribution in [3.05, 3.63) is 106 Å². The van der Waals surface area contributed by atoms with Gasteiger partial charge < -0.3 is 114 Å². The molecule has 528 valence electrons. The van der Waals surface area contributed by atoms with Gasteiger partial charge in [-0.15, -0.1) is 0 Å². The van der Waals surface area contributed by atoms with Crippen molar-refractivity contribution in [3.8, 4) is 23.0 Å². The molecule has 98 heavy (non-hydrogen) atoms. The van der Waals surface area contributed by atoms with Crippen LogP contribution in [0.5, 0.6) is 23.0 Å². The summed E-state index contributed by atoms with van der Waals surface area (Å²) in [7, 11) is 9.49. The van der Waals surface area contributed by atoms with E-state index in [0.29, 0.717) is 0 Å². The first-order valence-electron chi connectivity index (χ1n) is 32.8. The minimum atomic E-state index is -2.66. The Bertz CT molecular complexity index is 4200. The van der Waals surface area contributed by atoms with E-state index in [1.807, 2.05) is 0 Å². The minimum Gasteiger partial charge on any atom is -0.508 e. The maximum atomic E-state index is 17.9. The van der Waals surface area contributed by atoms with Gasteiger partial charge in [-0.05, 0) is 93.0 Å². The first kappa shape index (κ1) is 70.8. The lowest BCUT2D eigenvalue weighted by Crippen LogP contribution is -2.77. The van der Waals surface area contributed by atoms with Crippen molar-refractivity contribution < 1.29 is 117 Å². The second-order valence-corrected chi connectivity index (χ2v) is 27.4. The summed E-state index contributed by atoms with van der Waals surface area (Å²) >= 11 is 0. The van der Waals surface area contributed by atoms with Crippen molar-refractivity contribution >= 4 is 44.7 Å². The average molecular weight is 1370 g/mol. The number of likely N-dealkylation sites (N-methyl/N-ethyl adjacent to an activating group) is 2. The summed E-state index contributed by atoms with van der Waals surface area (Å²) in [4.78, 5) is 102. The molecule has 23 atom stereocenters. The molecule has 0 radical (unpaired) electrons. The number of ketones is 4. The van der Waals surface area contributed by atoms with Crippen LogP contribution in [0.3, 0.4) is 0 Å². The molecule has 0 spiro atoms. The fraction of sp³-hybridized carbons (Fsp3) is 0.603. The van der Waals surface area contributed by atoms with Crippen LogP contribution < -0.4 is 21.3 Å². The summed E-state index contributed by atoms with van der Waals surface area (Å²) in [6.07, 6.45) is -24.4. The maximum Gasteiger partial charge on any atom is 0.333 e. The number of fused-ring (bicyclic) bond motifs is 6. The van der Waals surface area contributed by atoms with E-state index in [0.717, 1.165) is 24.3 Å². The Balaban J connectivity index is 1.24. The van der Waals surface area contributed by atoms with Crippen molar-refractivity contribution in [3.63, 3.8) is 0 Å². The summed E-state index contributed by atoms with van der Waals surface area (Å²) in [5.41, 5.74) is 10.9. The van der Waals surface area contributed by atoms with Crippen LogP contribution in [-0.2, 0) is 52.2 Å². The summed E-state index contributed by atoms with van der Waals surface area (Å²) in [5.74, 6) is -13.4. The van der Waals surface area contributed by atoms with Crippen LogP contribution in [-0.4, -0.2) is 243 Å². The number of ether oxygens (including phenoxy) is 10. The smallest absolute Gasteiger partial charge is 0.333 e. The number of methoxy groups -OCH3 is 2. The third-order valence-electron chi connectivity index (χ3n) is 21.8. The number of carbonyl (C=O) groups excluding carboxylic acids is 4. The largest absolute Gasteiger partial charge is 0.508 e. The maximum absolute atomic E-state index is 17.9. The van der Waals surface area contributed by atoms with Crippen LogP contribution in [0.1, 0.15) is 123 Å². The highest BCUT2D eigenvalue weighted by Crippen LogP contribution is 2.62. The van der Waals surface area contributed by atoms with E-state index in [2.05, 4.69) is 9.90 Å². The number of aromatic hydroxyl groups is 4. The van der Waals surface area contributed by atoms with E-state index in [1.54, 1.807) is 51.8 Å². The first-order valence-corrected chi connectivity index (χ1v) is 32.8. The number of Topliss-reactive ketones (excluding diaryl/α,β-unsaturated/α-hetero) is 4. The molecule has 4 saturated heterocycles. The van der Waals surface area contributed by atoms with Gasteiger partial charge in [0, 0.05) is 67.6 Å². The number of allylic oxidation sites excluding steroid dienone is 2. The van der Waals surface area contributed by atoms with E-state index >= 15 is 19.2 Å². The summed E-state index contributed by atoms with van der Waals surface area (Å²) in [6, 6.07) is 0.229. The van der Waals surface area contributed by atoms with E-state index in [4.69, 9.17) is 47.4 Å². The SMILES string of the molecule is CCC1(OC2CC(OC)C(O)C(C)O2)C(OC2CC(O)C(N(C)C)C(C)O2)C2=C(C(=O)C1C1C(=O)c3c(c(=[N+]=[N-])c4c(O)c5c(=O)ccc(=O)c5c(O)c34)C(OC3CC(O)C(N(C)C)C(C)O3)C1(CC)OC1CC(OC)C(O)C(C)O1)C1=C(C(=O)c3c(O)ccc(O)c3C1=O)C2[NH+]=[N-]. The molecule has 30 nitrogen and oxygen atoms in total. The number of phenols is 4. The highest BCUT2D eigenvalue weighted by molar-refractivity contribution is 6.35. The van der Waals surface area contributed by atoms with Crippen LogP contribution in [0.2, 0.25) is 0 Å². The van der Waals surface area contributed by atoms with Gasteiger partial charge in [-0.3, -0.25) is 28.8 Å². The third-order valence-corrected chi connectivity index (χ3v) is 21.8. The fourth-order valence-electron chi connectivity index (χ4n) is 17.4. The molecule has 0 amide bonds. The van der Waals surface area contributed by atoms with Gasteiger partial charge in [-0.25, -0.2) is 0 Å². The monoisotopic (exact) mass is 1370 g/mol. The van der Waals surface area contributed by atoms with Crippen LogP contribution in [0.15, 0.2) is 56.1 Å². The molecule has 4 aromatic carbocycles. The quantitative estimate of drug-likeness (QED) is 0.0415. The van der Waals surface area contributed by atoms with Gasteiger partial charge in [-0.2, -0.15) is 4.79 Å². The lowest BCUT2D eigenvalue weighted by atomic mass is 9.54. The van der Waals surface area contributed by atoms with Gasteiger partial charge >= 0.3 is 5.36 Å². The number of hydrogen-bond donors (Lipinski definition) is 9. The first-order chi connectivity index (χ1) is 46.4. The molecule has 23 unspecified atom stereocenters. The van der Waals surface area contributed by atoms with Crippen molar-refractivity contribution in [2.24, 2.45) is 11.8 Å². The Labute approximate surface area is 560 Å². The van der Waals surface area contributed by atoms with Crippen molar-refractivity contribution in [1.82, 2.24) is 9.80 Å². The van der Waals surface area contributed by atoms with Gasteiger partial charge in [-0.1, -0.05) is 13.8 Å². The Hall–Kier alpha value is -7.04. The Kier molecular flexibility index (Phi) is 18.9. The van der Waals surface area contributed by atoms with Crippen LogP contribution in [0, 0.1) is 11.8 Å². The number of carbonyl (C=O) groups is 4. The topological polar surface area (TPSA) is 436 Å². The van der Waals surface area contributed by atoms with Crippen molar-refractivity contribution in [1.29, 1.82) is 0 Å². The van der Waals surface area contributed by atoms with Crippen LogP contribution in [0.25, 0.3) is 32.6 Å². The molecule has 4 fully saturated rings. The molecule has 0 aromatic heterocycles. The molecule has 4 aromatic rings. The van der Waals surface area contributed by atoms with Gasteiger partial charge in [0.2, 0.25) is 5.78 Å². The fourth-order valence-corrected chi connectivity index (χ4v) is 17.4. The second kappa shape index (κ2) is 26.2. The number of rotatable bonds is 16. The van der Waals surface area contributed by atoms with E-state index in [-0.39, 0.29) is 25.7 Å². The molecule has 30 heteroatoms. The summed E-state index contributed by atoms with van der Waals surface area (Å²) in [5, 5.41) is 94.3. The molecule has 12 rings (SSSR count). The lowest BCUT2D eigenvalue weighted by Gasteiger charge is -2.58. The second-order valence-electron chi connectivity index (χ2n) is 27.4. The molecule has 4 aliphatic carbocycles. The predicted molar refractivity (Wildman–Crippen MR) is 337 cm³/mol. The molecule has 8 aliphatic rings. The van der Waals surface area contributed by atoms with E-state index < -0.39 is 281 Å². The highest BCUT2D eigenvalue weighted by atomic mass is 16.7. The highest BCUT2D eigenvalue weighted by Gasteiger charge is 2.73. The van der Waals surface area contributed by atoms with Crippen LogP contribution in [0.4, 0.5) is 0 Å². The zero-order valence-corrected chi connectivity index (χ0v) is 56.0. The number of nitrogens with zero attached hydrogens (tertiary/aromatic N) is 5. The minimum absolute atomic E-state index is 0.342. The van der Waals surface area contributed by atoms with Gasteiger partial charge in [0.1, 0.15) is 64.0 Å². The Morgan fingerprint density at radius 1 is 0.571 bits per heavy atom. The van der Waals surface area contributed by atoms with Crippen molar-refractivity contribution in [2.75, 3.05) is 42.4 Å². The normalized spacial score (nSPS) is 37.4. The number of aliphatic hydroxyl groups excluding tert-OH is 4. The molecular formula is C68H82N6O24. The van der Waals surface area contributed by atoms with Crippen molar-refractivity contribution in [2.45, 2.75) is 208 Å². The van der Waals surface area contributed by atoms with Gasteiger partial charge in [0.05, 0.1) is 106 Å². The van der Waals surface area contributed by atoms with E-state index in [9.17, 15) is 61.5 Å². The number of phenolic OH excluding ortho intramolecular Hbond substituents is 4. The Morgan fingerprint density at radius 3 is 1.45 bits per heavy atom.